The van der Waals surface area contributed by atoms with Crippen molar-refractivity contribution in [1.29, 1.82) is 0 Å². The predicted octanol–water partition coefficient (Wildman–Crippen LogP) is 0.336. The van der Waals surface area contributed by atoms with Crippen molar-refractivity contribution in [2.24, 2.45) is 12.8 Å². The summed E-state index contributed by atoms with van der Waals surface area (Å²) in [6.45, 7) is 0.397. The highest BCUT2D eigenvalue weighted by Gasteiger charge is 2.08. The topological polar surface area (TPSA) is 69.6 Å². The largest absolute Gasteiger partial charge is 0.324 e. The molecule has 2 N–H and O–H groups in total. The summed E-state index contributed by atoms with van der Waals surface area (Å²) in [6, 6.07) is 3.79. The van der Waals surface area contributed by atoms with E-state index in [0.717, 1.165) is 17.2 Å². The van der Waals surface area contributed by atoms with Crippen LogP contribution in [0.3, 0.4) is 0 Å². The molecular formula is C9H11N5. The molecule has 0 saturated heterocycles. The molecule has 0 saturated carbocycles. The van der Waals surface area contributed by atoms with Gasteiger partial charge in [-0.1, -0.05) is 0 Å². The number of pyridine rings is 1. The van der Waals surface area contributed by atoms with E-state index in [1.807, 2.05) is 23.7 Å². The van der Waals surface area contributed by atoms with E-state index in [1.165, 1.54) is 0 Å². The fourth-order valence-corrected chi connectivity index (χ4v) is 1.29. The average Bonchev–Trinajstić information content (AvgIpc) is 2.61. The van der Waals surface area contributed by atoms with Crippen molar-refractivity contribution >= 4 is 0 Å². The van der Waals surface area contributed by atoms with Gasteiger partial charge in [0.05, 0.1) is 6.54 Å². The third-order valence-corrected chi connectivity index (χ3v) is 2.09. The maximum Gasteiger partial charge on any atom is 0.163 e. The van der Waals surface area contributed by atoms with Crippen LogP contribution in [0.5, 0.6) is 0 Å². The molecule has 0 aromatic carbocycles. The van der Waals surface area contributed by atoms with Crippen LogP contribution in [-0.4, -0.2) is 19.7 Å². The summed E-state index contributed by atoms with van der Waals surface area (Å²) in [7, 11) is 1.90. The number of hydrogen-bond donors (Lipinski definition) is 1. The first-order chi connectivity index (χ1) is 6.83. The van der Waals surface area contributed by atoms with Crippen molar-refractivity contribution in [2.45, 2.75) is 6.54 Å². The highest BCUT2D eigenvalue weighted by Crippen LogP contribution is 2.15. The van der Waals surface area contributed by atoms with E-state index < -0.39 is 0 Å². The molecule has 0 aliphatic carbocycles. The zero-order valence-corrected chi connectivity index (χ0v) is 7.88. The molecule has 0 aliphatic heterocycles. The normalized spacial score (nSPS) is 10.4. The molecule has 72 valence electrons. The Kier molecular flexibility index (Phi) is 2.24. The molecule has 2 aromatic heterocycles. The molecule has 2 aromatic rings. The van der Waals surface area contributed by atoms with Gasteiger partial charge in [-0.25, -0.2) is 0 Å². The van der Waals surface area contributed by atoms with E-state index in [1.54, 1.807) is 12.4 Å². The van der Waals surface area contributed by atoms with Crippen LogP contribution in [0.25, 0.3) is 11.4 Å². The number of hydrogen-bond acceptors (Lipinski definition) is 4. The van der Waals surface area contributed by atoms with Gasteiger partial charge in [0.25, 0.3) is 0 Å². The van der Waals surface area contributed by atoms with Gasteiger partial charge in [-0.2, -0.15) is 0 Å². The van der Waals surface area contributed by atoms with Crippen LogP contribution in [0, 0.1) is 0 Å². The lowest BCUT2D eigenvalue weighted by atomic mass is 10.2. The molecule has 2 rings (SSSR count). The van der Waals surface area contributed by atoms with Crippen molar-refractivity contribution in [2.75, 3.05) is 0 Å². The summed E-state index contributed by atoms with van der Waals surface area (Å²) in [6.07, 6.45) is 3.46. The Labute approximate surface area is 81.6 Å². The van der Waals surface area contributed by atoms with E-state index in [4.69, 9.17) is 5.73 Å². The Morgan fingerprint density at radius 1 is 1.29 bits per heavy atom. The number of nitrogens with two attached hydrogens (primary N) is 1. The maximum absolute atomic E-state index is 5.51. The van der Waals surface area contributed by atoms with E-state index in [0.29, 0.717) is 6.54 Å². The average molecular weight is 189 g/mol. The molecule has 0 atom stereocenters. The zero-order valence-electron chi connectivity index (χ0n) is 7.88. The minimum Gasteiger partial charge on any atom is -0.324 e. The second-order valence-electron chi connectivity index (χ2n) is 2.94. The van der Waals surface area contributed by atoms with Gasteiger partial charge in [-0.3, -0.25) is 4.98 Å². The smallest absolute Gasteiger partial charge is 0.163 e. The van der Waals surface area contributed by atoms with Crippen LogP contribution < -0.4 is 5.73 Å². The van der Waals surface area contributed by atoms with Gasteiger partial charge < -0.3 is 10.3 Å². The first-order valence-corrected chi connectivity index (χ1v) is 4.31. The minimum absolute atomic E-state index is 0.397. The van der Waals surface area contributed by atoms with Crippen molar-refractivity contribution in [1.82, 2.24) is 19.7 Å². The van der Waals surface area contributed by atoms with Crippen LogP contribution in [0.1, 0.15) is 5.82 Å². The van der Waals surface area contributed by atoms with Gasteiger partial charge in [0.2, 0.25) is 0 Å². The standard InChI is InChI=1S/C9H11N5/c1-14-8(6-10)12-13-9(14)7-2-4-11-5-3-7/h2-5H,6,10H2,1H3. The van der Waals surface area contributed by atoms with Crippen LogP contribution in [0.15, 0.2) is 24.5 Å². The lowest BCUT2D eigenvalue weighted by molar-refractivity contribution is 0.797. The minimum atomic E-state index is 0.397. The third kappa shape index (κ3) is 1.38. The lowest BCUT2D eigenvalue weighted by Gasteiger charge is -2.01. The summed E-state index contributed by atoms with van der Waals surface area (Å²) < 4.78 is 1.88. The number of nitrogens with zero attached hydrogens (tertiary/aromatic N) is 4. The number of rotatable bonds is 2. The first-order valence-electron chi connectivity index (χ1n) is 4.31. The monoisotopic (exact) mass is 189 g/mol. The highest BCUT2D eigenvalue weighted by molar-refractivity contribution is 5.53. The van der Waals surface area contributed by atoms with Crippen molar-refractivity contribution in [3.8, 4) is 11.4 Å². The van der Waals surface area contributed by atoms with Gasteiger partial charge in [0.15, 0.2) is 5.82 Å². The predicted molar refractivity (Wildman–Crippen MR) is 52.1 cm³/mol. The molecule has 0 aliphatic rings. The number of aromatic nitrogens is 4. The van der Waals surface area contributed by atoms with Gasteiger partial charge in [-0.05, 0) is 12.1 Å². The first kappa shape index (κ1) is 8.83. The third-order valence-electron chi connectivity index (χ3n) is 2.09. The summed E-state index contributed by atoms with van der Waals surface area (Å²) >= 11 is 0. The van der Waals surface area contributed by atoms with E-state index in [2.05, 4.69) is 15.2 Å². The molecule has 0 fully saturated rings. The summed E-state index contributed by atoms with van der Waals surface area (Å²) in [4.78, 5) is 3.95. The fourth-order valence-electron chi connectivity index (χ4n) is 1.29. The SMILES string of the molecule is Cn1c(CN)nnc1-c1ccncc1. The van der Waals surface area contributed by atoms with Gasteiger partial charge >= 0.3 is 0 Å². The molecule has 5 nitrogen and oxygen atoms in total. The molecule has 0 radical (unpaired) electrons. The van der Waals surface area contributed by atoms with Crippen LogP contribution in [0.4, 0.5) is 0 Å². The Morgan fingerprint density at radius 3 is 2.57 bits per heavy atom. The molecule has 5 heteroatoms. The molecule has 2 heterocycles. The van der Waals surface area contributed by atoms with Crippen LogP contribution in [-0.2, 0) is 13.6 Å². The maximum atomic E-state index is 5.51. The molecule has 0 unspecified atom stereocenters. The molecule has 0 spiro atoms. The van der Waals surface area contributed by atoms with E-state index in [9.17, 15) is 0 Å². The van der Waals surface area contributed by atoms with Crippen molar-refractivity contribution in [3.05, 3.63) is 30.4 Å². The quantitative estimate of drug-likeness (QED) is 0.739. The lowest BCUT2D eigenvalue weighted by Crippen LogP contribution is -2.05. The van der Waals surface area contributed by atoms with Crippen LogP contribution >= 0.6 is 0 Å². The Morgan fingerprint density at radius 2 is 2.00 bits per heavy atom. The van der Waals surface area contributed by atoms with Gasteiger partial charge in [0, 0.05) is 25.0 Å². The van der Waals surface area contributed by atoms with Gasteiger partial charge in [-0.15, -0.1) is 10.2 Å². The van der Waals surface area contributed by atoms with E-state index >= 15 is 0 Å². The van der Waals surface area contributed by atoms with E-state index in [-0.39, 0.29) is 0 Å². The second kappa shape index (κ2) is 3.55. The molecular weight excluding hydrogens is 178 g/mol. The molecule has 14 heavy (non-hydrogen) atoms. The van der Waals surface area contributed by atoms with Crippen molar-refractivity contribution in [3.63, 3.8) is 0 Å². The van der Waals surface area contributed by atoms with Crippen LogP contribution in [0.2, 0.25) is 0 Å². The Hall–Kier alpha value is -1.75. The summed E-state index contributed by atoms with van der Waals surface area (Å²) in [5.41, 5.74) is 6.50. The highest BCUT2D eigenvalue weighted by atomic mass is 15.3. The Bertz CT molecular complexity index is 420. The zero-order chi connectivity index (χ0) is 9.97. The van der Waals surface area contributed by atoms with Gasteiger partial charge in [0.1, 0.15) is 5.82 Å². The molecule has 0 amide bonds. The summed E-state index contributed by atoms with van der Waals surface area (Å²) in [5, 5.41) is 8.04. The summed E-state index contributed by atoms with van der Waals surface area (Å²) in [5.74, 6) is 1.59. The molecule has 0 bridgehead atoms. The van der Waals surface area contributed by atoms with Crippen molar-refractivity contribution < 1.29 is 0 Å². The Balaban J connectivity index is 2.48. The fraction of sp³-hybridized carbons (Fsp3) is 0.222. The second-order valence-corrected chi connectivity index (χ2v) is 2.94.